The third kappa shape index (κ3) is 2.79. The molecule has 4 nitrogen and oxygen atoms in total. The lowest BCUT2D eigenvalue weighted by molar-refractivity contribution is 0.205. The standard InChI is InChI=1S/C13H16BrN3O/c1-3-17(6-7-18-2)12-4-5-15-11-8-10(14)9-16-13(11)12/h4-5,8-9H,3,6-7H2,1-2H3. The van der Waals surface area contributed by atoms with Crippen molar-refractivity contribution in [1.29, 1.82) is 0 Å². The molecule has 2 aromatic rings. The molecule has 2 aromatic heterocycles. The fraction of sp³-hybridized carbons (Fsp3) is 0.385. The van der Waals surface area contributed by atoms with E-state index in [4.69, 9.17) is 4.74 Å². The fourth-order valence-corrected chi connectivity index (χ4v) is 2.22. The minimum absolute atomic E-state index is 0.703. The van der Waals surface area contributed by atoms with E-state index in [9.17, 15) is 0 Å². The second kappa shape index (κ2) is 6.11. The van der Waals surface area contributed by atoms with Gasteiger partial charge in [-0.15, -0.1) is 0 Å². The van der Waals surface area contributed by atoms with Gasteiger partial charge in [0.2, 0.25) is 0 Å². The lowest BCUT2D eigenvalue weighted by Crippen LogP contribution is -2.27. The Bertz CT molecular complexity index is 533. The normalized spacial score (nSPS) is 10.8. The number of hydrogen-bond acceptors (Lipinski definition) is 4. The van der Waals surface area contributed by atoms with Crippen LogP contribution in [0.3, 0.4) is 0 Å². The number of fused-ring (bicyclic) bond motifs is 1. The Morgan fingerprint density at radius 3 is 2.94 bits per heavy atom. The van der Waals surface area contributed by atoms with Crippen LogP contribution in [0.4, 0.5) is 5.69 Å². The minimum atomic E-state index is 0.703. The highest BCUT2D eigenvalue weighted by Gasteiger charge is 2.10. The predicted molar refractivity (Wildman–Crippen MR) is 77.0 cm³/mol. The van der Waals surface area contributed by atoms with Crippen molar-refractivity contribution < 1.29 is 4.74 Å². The van der Waals surface area contributed by atoms with Gasteiger partial charge in [0, 0.05) is 37.1 Å². The van der Waals surface area contributed by atoms with Crippen molar-refractivity contribution in [3.63, 3.8) is 0 Å². The summed E-state index contributed by atoms with van der Waals surface area (Å²) < 4.78 is 6.09. The van der Waals surface area contributed by atoms with Crippen LogP contribution in [0, 0.1) is 0 Å². The van der Waals surface area contributed by atoms with E-state index >= 15 is 0 Å². The second-order valence-corrected chi connectivity index (χ2v) is 4.84. The molecule has 0 aliphatic rings. The van der Waals surface area contributed by atoms with Crippen molar-refractivity contribution in [2.75, 3.05) is 31.7 Å². The Balaban J connectivity index is 2.42. The number of likely N-dealkylation sites (N-methyl/N-ethyl adjacent to an activating group) is 1. The Kier molecular flexibility index (Phi) is 4.49. The summed E-state index contributed by atoms with van der Waals surface area (Å²) in [5.74, 6) is 0. The van der Waals surface area contributed by atoms with Gasteiger partial charge in [0.05, 0.1) is 17.8 Å². The van der Waals surface area contributed by atoms with Crippen LogP contribution in [0.5, 0.6) is 0 Å². The molecule has 2 rings (SSSR count). The summed E-state index contributed by atoms with van der Waals surface area (Å²) in [7, 11) is 1.72. The highest BCUT2D eigenvalue weighted by Crippen LogP contribution is 2.25. The molecule has 0 aliphatic carbocycles. The number of nitrogens with zero attached hydrogens (tertiary/aromatic N) is 3. The first kappa shape index (κ1) is 13.2. The first-order chi connectivity index (χ1) is 8.76. The SMILES string of the molecule is CCN(CCOC)c1ccnc2cc(Br)cnc12. The molecule has 2 heterocycles. The number of methoxy groups -OCH3 is 1. The molecule has 18 heavy (non-hydrogen) atoms. The first-order valence-corrected chi connectivity index (χ1v) is 6.69. The summed E-state index contributed by atoms with van der Waals surface area (Å²) in [5, 5.41) is 0. The van der Waals surface area contributed by atoms with Crippen molar-refractivity contribution in [2.24, 2.45) is 0 Å². The van der Waals surface area contributed by atoms with E-state index in [1.165, 1.54) is 0 Å². The van der Waals surface area contributed by atoms with Gasteiger partial charge in [-0.25, -0.2) is 0 Å². The monoisotopic (exact) mass is 309 g/mol. The summed E-state index contributed by atoms with van der Waals surface area (Å²) in [6.07, 6.45) is 3.62. The van der Waals surface area contributed by atoms with Crippen LogP contribution in [0.1, 0.15) is 6.92 Å². The van der Waals surface area contributed by atoms with Gasteiger partial charge in [-0.3, -0.25) is 9.97 Å². The molecule has 5 heteroatoms. The molecular formula is C13H16BrN3O. The molecule has 0 amide bonds. The van der Waals surface area contributed by atoms with E-state index in [1.54, 1.807) is 13.3 Å². The van der Waals surface area contributed by atoms with Crippen LogP contribution in [0.2, 0.25) is 0 Å². The van der Waals surface area contributed by atoms with Crippen LogP contribution in [-0.2, 0) is 4.74 Å². The van der Waals surface area contributed by atoms with Gasteiger partial charge in [0.15, 0.2) is 0 Å². The maximum atomic E-state index is 5.14. The number of hydrogen-bond donors (Lipinski definition) is 0. The van der Waals surface area contributed by atoms with Gasteiger partial charge in [-0.05, 0) is 35.0 Å². The van der Waals surface area contributed by atoms with E-state index in [2.05, 4.69) is 37.7 Å². The third-order valence-electron chi connectivity index (χ3n) is 2.81. The highest BCUT2D eigenvalue weighted by atomic mass is 79.9. The smallest absolute Gasteiger partial charge is 0.112 e. The van der Waals surface area contributed by atoms with Gasteiger partial charge in [-0.1, -0.05) is 0 Å². The first-order valence-electron chi connectivity index (χ1n) is 5.90. The van der Waals surface area contributed by atoms with Crippen LogP contribution < -0.4 is 4.90 Å². The number of halogens is 1. The predicted octanol–water partition coefficient (Wildman–Crippen LogP) is 2.87. The summed E-state index contributed by atoms with van der Waals surface area (Å²) in [5.41, 5.74) is 2.93. The average molecular weight is 310 g/mol. The molecule has 0 aromatic carbocycles. The number of ether oxygens (including phenoxy) is 1. The van der Waals surface area contributed by atoms with E-state index in [1.807, 2.05) is 18.3 Å². The fourth-order valence-electron chi connectivity index (χ4n) is 1.90. The third-order valence-corrected chi connectivity index (χ3v) is 3.24. The van der Waals surface area contributed by atoms with Crippen molar-refractivity contribution in [3.05, 3.63) is 29.0 Å². The lowest BCUT2D eigenvalue weighted by atomic mass is 10.2. The number of rotatable bonds is 5. The van der Waals surface area contributed by atoms with Crippen molar-refractivity contribution in [3.8, 4) is 0 Å². The molecule has 0 N–H and O–H groups in total. The summed E-state index contributed by atoms with van der Waals surface area (Å²) >= 11 is 3.42. The molecule has 96 valence electrons. The quantitative estimate of drug-likeness (QED) is 0.851. The van der Waals surface area contributed by atoms with Crippen LogP contribution in [0.25, 0.3) is 11.0 Å². The van der Waals surface area contributed by atoms with E-state index < -0.39 is 0 Å². The molecule has 0 bridgehead atoms. The van der Waals surface area contributed by atoms with Gasteiger partial charge in [0.1, 0.15) is 5.52 Å². The molecule has 0 fully saturated rings. The van der Waals surface area contributed by atoms with Crippen LogP contribution in [-0.4, -0.2) is 36.8 Å². The Morgan fingerprint density at radius 2 is 2.22 bits per heavy atom. The zero-order chi connectivity index (χ0) is 13.0. The molecule has 0 atom stereocenters. The van der Waals surface area contributed by atoms with Crippen LogP contribution >= 0.6 is 15.9 Å². The maximum absolute atomic E-state index is 5.14. The van der Waals surface area contributed by atoms with Crippen molar-refractivity contribution in [1.82, 2.24) is 9.97 Å². The largest absolute Gasteiger partial charge is 0.383 e. The van der Waals surface area contributed by atoms with Crippen LogP contribution in [0.15, 0.2) is 29.0 Å². The van der Waals surface area contributed by atoms with E-state index in [0.717, 1.165) is 34.3 Å². The number of anilines is 1. The van der Waals surface area contributed by atoms with Gasteiger partial charge in [-0.2, -0.15) is 0 Å². The Hall–Kier alpha value is -1.20. The van der Waals surface area contributed by atoms with E-state index in [0.29, 0.717) is 6.61 Å². The summed E-state index contributed by atoms with van der Waals surface area (Å²) in [6, 6.07) is 3.98. The molecule has 0 radical (unpaired) electrons. The summed E-state index contributed by atoms with van der Waals surface area (Å²) in [4.78, 5) is 11.1. The number of aromatic nitrogens is 2. The molecule has 0 unspecified atom stereocenters. The van der Waals surface area contributed by atoms with Gasteiger partial charge < -0.3 is 9.64 Å². The zero-order valence-electron chi connectivity index (χ0n) is 10.6. The van der Waals surface area contributed by atoms with Gasteiger partial charge >= 0.3 is 0 Å². The molecule has 0 saturated heterocycles. The average Bonchev–Trinajstić information content (AvgIpc) is 2.39. The Labute approximate surface area is 115 Å². The molecule has 0 spiro atoms. The minimum Gasteiger partial charge on any atom is -0.383 e. The second-order valence-electron chi connectivity index (χ2n) is 3.92. The molecule has 0 saturated carbocycles. The van der Waals surface area contributed by atoms with E-state index in [-0.39, 0.29) is 0 Å². The van der Waals surface area contributed by atoms with Crippen molar-refractivity contribution >= 4 is 32.7 Å². The molecule has 0 aliphatic heterocycles. The zero-order valence-corrected chi connectivity index (χ0v) is 12.1. The highest BCUT2D eigenvalue weighted by molar-refractivity contribution is 9.10. The summed E-state index contributed by atoms with van der Waals surface area (Å²) in [6.45, 7) is 4.60. The number of pyridine rings is 2. The Morgan fingerprint density at radius 1 is 1.39 bits per heavy atom. The van der Waals surface area contributed by atoms with Gasteiger partial charge in [0.25, 0.3) is 0 Å². The molecular weight excluding hydrogens is 294 g/mol. The topological polar surface area (TPSA) is 38.2 Å². The van der Waals surface area contributed by atoms with Crippen molar-refractivity contribution in [2.45, 2.75) is 6.92 Å². The maximum Gasteiger partial charge on any atom is 0.112 e. The lowest BCUT2D eigenvalue weighted by Gasteiger charge is -2.23.